The Morgan fingerprint density at radius 1 is 1.03 bits per heavy atom. The predicted octanol–water partition coefficient (Wildman–Crippen LogP) is 4.88. The molecule has 212 valence electrons. The highest BCUT2D eigenvalue weighted by Gasteiger charge is 2.72. The van der Waals surface area contributed by atoms with Crippen molar-refractivity contribution >= 4 is 11.8 Å². The fraction of sp³-hybridized carbons (Fsp3) is 0.750. The van der Waals surface area contributed by atoms with Gasteiger partial charge in [0.1, 0.15) is 6.10 Å². The van der Waals surface area contributed by atoms with Crippen molar-refractivity contribution in [3.8, 4) is 0 Å². The third kappa shape index (κ3) is 4.26. The molecule has 0 aromatic heterocycles. The van der Waals surface area contributed by atoms with Crippen LogP contribution in [0.4, 0.5) is 0 Å². The molecule has 4 fully saturated rings. The Morgan fingerprint density at radius 3 is 2.26 bits per heavy atom. The van der Waals surface area contributed by atoms with Crippen LogP contribution < -0.4 is 5.73 Å². The van der Waals surface area contributed by atoms with E-state index in [1.54, 1.807) is 6.92 Å². The molecule has 0 unspecified atom stereocenters. The number of ketones is 1. The summed E-state index contributed by atoms with van der Waals surface area (Å²) in [6.45, 7) is 16.0. The molecular formula is C32H49NO5. The van der Waals surface area contributed by atoms with E-state index in [2.05, 4.69) is 27.7 Å². The lowest BCUT2D eigenvalue weighted by atomic mass is 9.35. The number of aliphatic hydroxyl groups is 2. The van der Waals surface area contributed by atoms with Crippen molar-refractivity contribution in [2.75, 3.05) is 0 Å². The number of carbonyl (C=O) groups is 2. The summed E-state index contributed by atoms with van der Waals surface area (Å²) >= 11 is 0. The molecular weight excluding hydrogens is 478 g/mol. The molecule has 4 N–H and O–H groups in total. The van der Waals surface area contributed by atoms with Gasteiger partial charge in [0.05, 0.1) is 12.2 Å². The highest BCUT2D eigenvalue weighted by Crippen LogP contribution is 2.74. The van der Waals surface area contributed by atoms with Crippen molar-refractivity contribution in [2.45, 2.75) is 112 Å². The fourth-order valence-corrected chi connectivity index (χ4v) is 9.67. The van der Waals surface area contributed by atoms with Gasteiger partial charge in [-0.25, -0.2) is 0 Å². The summed E-state index contributed by atoms with van der Waals surface area (Å²) in [6, 6.07) is -0.210. The minimum Gasteiger partial charge on any atom is -0.458 e. The lowest BCUT2D eigenvalue weighted by Crippen LogP contribution is -2.70. The number of ether oxygens (including phenoxy) is 1. The van der Waals surface area contributed by atoms with Crippen LogP contribution >= 0.6 is 0 Å². The van der Waals surface area contributed by atoms with E-state index >= 15 is 0 Å². The molecule has 0 amide bonds. The molecule has 6 heteroatoms. The van der Waals surface area contributed by atoms with Crippen LogP contribution in [0.1, 0.15) is 87.5 Å². The minimum atomic E-state index is -0.611. The van der Waals surface area contributed by atoms with Gasteiger partial charge >= 0.3 is 5.97 Å². The zero-order valence-corrected chi connectivity index (χ0v) is 24.6. The average Bonchev–Trinajstić information content (AvgIpc) is 3.06. The van der Waals surface area contributed by atoms with Gasteiger partial charge in [-0.3, -0.25) is 9.59 Å². The van der Waals surface area contributed by atoms with E-state index in [0.29, 0.717) is 24.8 Å². The molecule has 0 spiro atoms. The second-order valence-corrected chi connectivity index (χ2v) is 13.8. The maximum absolute atomic E-state index is 13.0. The topological polar surface area (TPSA) is 110 Å². The van der Waals surface area contributed by atoms with Crippen molar-refractivity contribution in [2.24, 2.45) is 45.7 Å². The van der Waals surface area contributed by atoms with Crippen molar-refractivity contribution in [3.63, 3.8) is 0 Å². The Bertz CT molecular complexity index is 1070. The molecule has 4 rings (SSSR count). The summed E-state index contributed by atoms with van der Waals surface area (Å²) in [7, 11) is 0. The molecule has 0 aliphatic heterocycles. The second kappa shape index (κ2) is 10.0. The Labute approximate surface area is 228 Å². The summed E-state index contributed by atoms with van der Waals surface area (Å²) < 4.78 is 5.95. The summed E-state index contributed by atoms with van der Waals surface area (Å²) in [4.78, 5) is 25.3. The summed E-state index contributed by atoms with van der Waals surface area (Å²) in [6.07, 6.45) is 7.67. The SMILES string of the molecule is CC(=O)O[C@H]1C[C@@]2(C)[C@@H](C[C@@H](O)[C@H]3[C@@]4(C)[C@@H](N)C[C@@H](O)[C@@H](C)[C@@H]4CC[C@@]32C)/C1=C(\C=C/C=C(C)C)C(C)=O. The van der Waals surface area contributed by atoms with Crippen LogP contribution in [0.3, 0.4) is 0 Å². The van der Waals surface area contributed by atoms with Crippen LogP contribution in [0.15, 0.2) is 34.9 Å². The first-order valence-electron chi connectivity index (χ1n) is 14.4. The minimum absolute atomic E-state index is 0.0562. The summed E-state index contributed by atoms with van der Waals surface area (Å²) in [5.41, 5.74) is 8.52. The van der Waals surface area contributed by atoms with Gasteiger partial charge in [-0.05, 0) is 98.4 Å². The standard InChI is InChI=1S/C32H49NO5/c1-17(2)10-9-11-21(19(4)34)28-23-14-25(37)29-30(6,31(23,7)16-26(28)38-20(5)35)13-12-22-18(3)24(36)15-27(33)32(22,29)8/h9-11,18,22-27,29,36-37H,12-16,33H2,1-8H3/b11-9-,28-21-/t18-,22-,23-,24+,25+,26-,27-,29+,30-,31-,32+/m0/s1. The zero-order chi connectivity index (χ0) is 28.4. The lowest BCUT2D eigenvalue weighted by Gasteiger charge is -2.70. The number of esters is 1. The van der Waals surface area contributed by atoms with Crippen LogP contribution in [-0.2, 0) is 14.3 Å². The van der Waals surface area contributed by atoms with Crippen LogP contribution in [0.5, 0.6) is 0 Å². The van der Waals surface area contributed by atoms with Crippen molar-refractivity contribution in [1.29, 1.82) is 0 Å². The monoisotopic (exact) mass is 527 g/mol. The van der Waals surface area contributed by atoms with E-state index in [9.17, 15) is 19.8 Å². The molecule has 4 saturated carbocycles. The molecule has 11 atom stereocenters. The Morgan fingerprint density at radius 2 is 1.68 bits per heavy atom. The quantitative estimate of drug-likeness (QED) is 0.273. The van der Waals surface area contributed by atoms with Crippen molar-refractivity contribution < 1.29 is 24.5 Å². The number of hydrogen-bond donors (Lipinski definition) is 3. The number of nitrogens with two attached hydrogens (primary N) is 1. The zero-order valence-electron chi connectivity index (χ0n) is 24.6. The van der Waals surface area contributed by atoms with Gasteiger partial charge in [0.15, 0.2) is 5.78 Å². The van der Waals surface area contributed by atoms with Crippen molar-refractivity contribution in [1.82, 2.24) is 0 Å². The molecule has 0 aromatic rings. The number of Topliss-reactive ketones (excluding diaryl/α,β-unsaturated/α-hetero) is 1. The molecule has 0 saturated heterocycles. The van der Waals surface area contributed by atoms with E-state index < -0.39 is 18.3 Å². The normalized spacial score (nSPS) is 47.6. The third-order valence-electron chi connectivity index (χ3n) is 11.6. The molecule has 38 heavy (non-hydrogen) atoms. The van der Waals surface area contributed by atoms with E-state index in [0.717, 1.165) is 24.0 Å². The third-order valence-corrected chi connectivity index (χ3v) is 11.6. The van der Waals surface area contributed by atoms with Gasteiger partial charge in [0.2, 0.25) is 0 Å². The smallest absolute Gasteiger partial charge is 0.303 e. The summed E-state index contributed by atoms with van der Waals surface area (Å²) in [5.74, 6) is -0.218. The van der Waals surface area contributed by atoms with Crippen LogP contribution in [0.25, 0.3) is 0 Å². The largest absolute Gasteiger partial charge is 0.458 e. The number of carbonyl (C=O) groups excluding carboxylic acids is 2. The molecule has 0 heterocycles. The molecule has 0 aromatic carbocycles. The Hall–Kier alpha value is -1.76. The molecule has 0 radical (unpaired) electrons. The molecule has 0 bridgehead atoms. The number of allylic oxidation sites excluding steroid dienone is 5. The lowest BCUT2D eigenvalue weighted by molar-refractivity contribution is -0.239. The van der Waals surface area contributed by atoms with Gasteiger partial charge in [-0.2, -0.15) is 0 Å². The fourth-order valence-electron chi connectivity index (χ4n) is 9.67. The maximum Gasteiger partial charge on any atom is 0.303 e. The van der Waals surface area contributed by atoms with Crippen LogP contribution in [0, 0.1) is 39.9 Å². The van der Waals surface area contributed by atoms with Gasteiger partial charge in [0, 0.05) is 18.5 Å². The van der Waals surface area contributed by atoms with Gasteiger partial charge < -0.3 is 20.7 Å². The Kier molecular flexibility index (Phi) is 7.70. The highest BCUT2D eigenvalue weighted by molar-refractivity contribution is 5.97. The van der Waals surface area contributed by atoms with Gasteiger partial charge in [0.25, 0.3) is 0 Å². The number of hydrogen-bond acceptors (Lipinski definition) is 6. The average molecular weight is 528 g/mol. The second-order valence-electron chi connectivity index (χ2n) is 13.8. The number of rotatable bonds is 4. The molecule has 6 nitrogen and oxygen atoms in total. The first-order chi connectivity index (χ1) is 17.6. The van der Waals surface area contributed by atoms with E-state index in [1.807, 2.05) is 32.1 Å². The van der Waals surface area contributed by atoms with Gasteiger partial charge in [-0.1, -0.05) is 51.5 Å². The first-order valence-corrected chi connectivity index (χ1v) is 14.4. The van der Waals surface area contributed by atoms with E-state index in [4.69, 9.17) is 10.5 Å². The van der Waals surface area contributed by atoms with E-state index in [1.165, 1.54) is 6.92 Å². The molecule has 4 aliphatic rings. The van der Waals surface area contributed by atoms with Crippen molar-refractivity contribution in [3.05, 3.63) is 34.9 Å². The van der Waals surface area contributed by atoms with Crippen LogP contribution in [0.2, 0.25) is 0 Å². The number of fused-ring (bicyclic) bond motifs is 5. The van der Waals surface area contributed by atoms with Gasteiger partial charge in [-0.15, -0.1) is 0 Å². The first kappa shape index (κ1) is 29.2. The van der Waals surface area contributed by atoms with Crippen LogP contribution in [-0.4, -0.2) is 46.3 Å². The highest BCUT2D eigenvalue weighted by atomic mass is 16.5. The predicted molar refractivity (Wildman–Crippen MR) is 149 cm³/mol. The summed E-state index contributed by atoms with van der Waals surface area (Å²) in [5, 5.41) is 22.8. The molecule has 4 aliphatic carbocycles. The van der Waals surface area contributed by atoms with E-state index in [-0.39, 0.29) is 57.7 Å². The maximum atomic E-state index is 13.0. The number of aliphatic hydroxyl groups excluding tert-OH is 2. The Balaban J connectivity index is 1.88.